The topological polar surface area (TPSA) is 0 Å². The maximum absolute atomic E-state index is 3.62. The lowest BCUT2D eigenvalue weighted by Gasteiger charge is -2.23. The molecule has 0 saturated carbocycles. The Morgan fingerprint density at radius 2 is 2.42 bits per heavy atom. The van der Waals surface area contributed by atoms with Crippen molar-refractivity contribution in [3.8, 4) is 0 Å². The van der Waals surface area contributed by atoms with Gasteiger partial charge in [0.15, 0.2) is 0 Å². The van der Waals surface area contributed by atoms with Crippen LogP contribution in [0.3, 0.4) is 0 Å². The van der Waals surface area contributed by atoms with Crippen molar-refractivity contribution in [3.63, 3.8) is 0 Å². The molecule has 62 valence electrons. The van der Waals surface area contributed by atoms with Crippen LogP contribution in [0.15, 0.2) is 39.6 Å². The highest BCUT2D eigenvalue weighted by molar-refractivity contribution is 9.12. The van der Waals surface area contributed by atoms with Gasteiger partial charge in [0.25, 0.3) is 0 Å². The average molecular weight is 223 g/mol. The van der Waals surface area contributed by atoms with Gasteiger partial charge in [-0.3, -0.25) is 0 Å². The van der Waals surface area contributed by atoms with E-state index in [2.05, 4.69) is 40.7 Å². The third-order valence-corrected chi connectivity index (χ3v) is 3.59. The first-order chi connectivity index (χ1) is 5.79. The fourth-order valence-electron chi connectivity index (χ4n) is 1.71. The van der Waals surface area contributed by atoms with Gasteiger partial charge in [0.05, 0.1) is 0 Å². The molecule has 2 aliphatic carbocycles. The summed E-state index contributed by atoms with van der Waals surface area (Å²) in [5.41, 5.74) is 6.09. The summed E-state index contributed by atoms with van der Waals surface area (Å²) in [5, 5.41) is 0. The molecule has 0 aromatic heterocycles. The summed E-state index contributed by atoms with van der Waals surface area (Å²) < 4.78 is 1.28. The van der Waals surface area contributed by atoms with Crippen molar-refractivity contribution in [1.82, 2.24) is 0 Å². The lowest BCUT2D eigenvalue weighted by Crippen LogP contribution is -2.09. The number of fused-ring (bicyclic) bond motifs is 1. The molecule has 0 aromatic rings. The van der Waals surface area contributed by atoms with Crippen LogP contribution in [0.25, 0.3) is 0 Å². The molecule has 12 heavy (non-hydrogen) atoms. The second kappa shape index (κ2) is 3.08. The Bertz CT molecular complexity index is 325. The minimum Gasteiger partial charge on any atom is -0.116 e. The number of hydrogen-bond acceptors (Lipinski definition) is 0. The zero-order valence-corrected chi connectivity index (χ0v) is 8.69. The highest BCUT2D eigenvalue weighted by Crippen LogP contribution is 2.38. The van der Waals surface area contributed by atoms with Gasteiger partial charge in [-0.15, -0.1) is 5.73 Å². The number of hydrogen-bond donors (Lipinski definition) is 0. The summed E-state index contributed by atoms with van der Waals surface area (Å²) in [6, 6.07) is 0. The van der Waals surface area contributed by atoms with Gasteiger partial charge in [-0.2, -0.15) is 0 Å². The average Bonchev–Trinajstić information content (AvgIpc) is 2.12. The minimum absolute atomic E-state index is 0.605. The standard InChI is InChI=1S/C11H11Br/c1-8-6-7-9-4-2-3-5-10(9)11(8)12/h2-4,9H,6-7H2,1H3. The quantitative estimate of drug-likeness (QED) is 0.549. The molecule has 0 amide bonds. The molecule has 1 heteroatoms. The third-order valence-electron chi connectivity index (χ3n) is 2.49. The van der Waals surface area contributed by atoms with Crippen molar-refractivity contribution < 1.29 is 0 Å². The Balaban J connectivity index is 2.49. The molecular formula is C11H11Br. The van der Waals surface area contributed by atoms with Crippen molar-refractivity contribution >= 4 is 15.9 Å². The summed E-state index contributed by atoms with van der Waals surface area (Å²) in [5.74, 6) is 0.605. The van der Waals surface area contributed by atoms with Gasteiger partial charge in [-0.05, 0) is 41.8 Å². The van der Waals surface area contributed by atoms with Gasteiger partial charge < -0.3 is 0 Å². The van der Waals surface area contributed by atoms with Gasteiger partial charge in [-0.25, -0.2) is 0 Å². The van der Waals surface area contributed by atoms with Crippen LogP contribution in [0, 0.1) is 5.92 Å². The van der Waals surface area contributed by atoms with Crippen molar-refractivity contribution in [2.75, 3.05) is 0 Å². The van der Waals surface area contributed by atoms with Gasteiger partial charge in [0, 0.05) is 16.0 Å². The molecular weight excluding hydrogens is 212 g/mol. The van der Waals surface area contributed by atoms with E-state index < -0.39 is 0 Å². The fraction of sp³-hybridized carbons (Fsp3) is 0.364. The Morgan fingerprint density at radius 3 is 3.25 bits per heavy atom. The molecule has 0 spiro atoms. The molecule has 0 fully saturated rings. The second-order valence-corrected chi connectivity index (χ2v) is 4.14. The molecule has 0 heterocycles. The van der Waals surface area contributed by atoms with E-state index in [1.54, 1.807) is 0 Å². The molecule has 0 saturated heterocycles. The van der Waals surface area contributed by atoms with Crippen molar-refractivity contribution in [1.29, 1.82) is 0 Å². The van der Waals surface area contributed by atoms with Crippen LogP contribution in [-0.4, -0.2) is 0 Å². The van der Waals surface area contributed by atoms with Crippen LogP contribution in [-0.2, 0) is 0 Å². The molecule has 0 aromatic carbocycles. The van der Waals surface area contributed by atoms with Crippen LogP contribution in [0.1, 0.15) is 19.8 Å². The molecule has 2 aliphatic rings. The normalized spacial score (nSPS) is 27.2. The Morgan fingerprint density at radius 1 is 1.58 bits per heavy atom. The predicted octanol–water partition coefficient (Wildman–Crippen LogP) is 3.72. The van der Waals surface area contributed by atoms with Gasteiger partial charge in [-0.1, -0.05) is 17.7 Å². The maximum atomic E-state index is 3.62. The second-order valence-electron chi connectivity index (χ2n) is 3.35. The fourth-order valence-corrected chi connectivity index (χ4v) is 2.32. The lowest BCUT2D eigenvalue weighted by atomic mass is 9.84. The molecule has 0 radical (unpaired) electrons. The molecule has 2 rings (SSSR count). The SMILES string of the molecule is CC1=C(Br)C2=C=CC=CC2CC1. The summed E-state index contributed by atoms with van der Waals surface area (Å²) in [6.45, 7) is 2.19. The van der Waals surface area contributed by atoms with Crippen LogP contribution >= 0.6 is 15.9 Å². The molecule has 0 bridgehead atoms. The smallest absolute Gasteiger partial charge is 0.0279 e. The highest BCUT2D eigenvalue weighted by Gasteiger charge is 2.21. The lowest BCUT2D eigenvalue weighted by molar-refractivity contribution is 0.653. The van der Waals surface area contributed by atoms with E-state index in [9.17, 15) is 0 Å². The van der Waals surface area contributed by atoms with E-state index in [1.165, 1.54) is 28.5 Å². The highest BCUT2D eigenvalue weighted by atomic mass is 79.9. The van der Waals surface area contributed by atoms with E-state index >= 15 is 0 Å². The van der Waals surface area contributed by atoms with Gasteiger partial charge in [0.2, 0.25) is 0 Å². The van der Waals surface area contributed by atoms with E-state index in [-0.39, 0.29) is 0 Å². The van der Waals surface area contributed by atoms with Crippen LogP contribution in [0.5, 0.6) is 0 Å². The summed E-state index contributed by atoms with van der Waals surface area (Å²) in [6.07, 6.45) is 8.80. The molecule has 0 aliphatic heterocycles. The minimum atomic E-state index is 0.605. The van der Waals surface area contributed by atoms with Crippen LogP contribution < -0.4 is 0 Å². The first kappa shape index (κ1) is 8.10. The predicted molar refractivity (Wildman–Crippen MR) is 55.1 cm³/mol. The first-order valence-electron chi connectivity index (χ1n) is 4.28. The van der Waals surface area contributed by atoms with E-state index in [4.69, 9.17) is 0 Å². The molecule has 0 nitrogen and oxygen atoms in total. The van der Waals surface area contributed by atoms with E-state index in [0.717, 1.165) is 0 Å². The Kier molecular flexibility index (Phi) is 2.08. The maximum Gasteiger partial charge on any atom is 0.0279 e. The van der Waals surface area contributed by atoms with Crippen LogP contribution in [0.4, 0.5) is 0 Å². The van der Waals surface area contributed by atoms with Crippen LogP contribution in [0.2, 0.25) is 0 Å². The summed E-state index contributed by atoms with van der Waals surface area (Å²) in [4.78, 5) is 0. The van der Waals surface area contributed by atoms with Crippen molar-refractivity contribution in [2.45, 2.75) is 19.8 Å². The Labute approximate surface area is 81.5 Å². The molecule has 1 unspecified atom stereocenters. The number of allylic oxidation sites excluding steroid dienone is 5. The monoisotopic (exact) mass is 222 g/mol. The zero-order chi connectivity index (χ0) is 8.55. The summed E-state index contributed by atoms with van der Waals surface area (Å²) in [7, 11) is 0. The zero-order valence-electron chi connectivity index (χ0n) is 7.10. The Hall–Kier alpha value is -0.520. The number of halogens is 1. The largest absolute Gasteiger partial charge is 0.116 e. The van der Waals surface area contributed by atoms with Crippen molar-refractivity contribution in [2.24, 2.45) is 5.92 Å². The molecule has 1 atom stereocenters. The first-order valence-corrected chi connectivity index (χ1v) is 5.07. The summed E-state index contributed by atoms with van der Waals surface area (Å²) >= 11 is 3.62. The number of rotatable bonds is 0. The third kappa shape index (κ3) is 1.24. The van der Waals surface area contributed by atoms with Gasteiger partial charge in [0.1, 0.15) is 0 Å². The van der Waals surface area contributed by atoms with E-state index in [0.29, 0.717) is 5.92 Å². The molecule has 0 N–H and O–H groups in total. The van der Waals surface area contributed by atoms with Crippen molar-refractivity contribution in [3.05, 3.63) is 39.6 Å². The van der Waals surface area contributed by atoms with Gasteiger partial charge >= 0.3 is 0 Å². The van der Waals surface area contributed by atoms with E-state index in [1.807, 2.05) is 6.08 Å².